The molecule has 0 saturated carbocycles. The first-order chi connectivity index (χ1) is 8.88. The van der Waals surface area contributed by atoms with E-state index in [0.717, 1.165) is 32.2 Å². The van der Waals surface area contributed by atoms with Crippen molar-refractivity contribution < 1.29 is 4.74 Å². The summed E-state index contributed by atoms with van der Waals surface area (Å²) >= 11 is 1.90. The van der Waals surface area contributed by atoms with Crippen LogP contribution in [0, 0.1) is 5.92 Å². The van der Waals surface area contributed by atoms with Crippen molar-refractivity contribution in [2.45, 2.75) is 31.8 Å². The highest BCUT2D eigenvalue weighted by molar-refractivity contribution is 7.10. The van der Waals surface area contributed by atoms with Crippen LogP contribution in [0.3, 0.4) is 0 Å². The lowest BCUT2D eigenvalue weighted by Crippen LogP contribution is -2.48. The van der Waals surface area contributed by atoms with Gasteiger partial charge in [0.15, 0.2) is 0 Å². The molecule has 0 amide bonds. The molecule has 0 spiro atoms. The summed E-state index contributed by atoms with van der Waals surface area (Å²) < 4.78 is 5.47. The Balaban J connectivity index is 1.69. The van der Waals surface area contributed by atoms with E-state index in [0.29, 0.717) is 6.04 Å². The maximum Gasteiger partial charge on any atom is 0.0469 e. The van der Waals surface area contributed by atoms with Crippen LogP contribution in [-0.4, -0.2) is 37.2 Å². The lowest BCUT2D eigenvalue weighted by molar-refractivity contribution is 0.0240. The SMILES string of the molecule is NCC(C1CCOCC1)N1CCc2sccc2C1. The Morgan fingerprint density at radius 3 is 3.06 bits per heavy atom. The van der Waals surface area contributed by atoms with E-state index in [2.05, 4.69) is 16.3 Å². The molecule has 3 nitrogen and oxygen atoms in total. The third kappa shape index (κ3) is 2.48. The first-order valence-electron chi connectivity index (χ1n) is 6.95. The second-order valence-electron chi connectivity index (χ2n) is 5.34. The second kappa shape index (κ2) is 5.70. The third-order valence-corrected chi connectivity index (χ3v) is 5.38. The molecule has 1 saturated heterocycles. The van der Waals surface area contributed by atoms with Crippen LogP contribution in [0.1, 0.15) is 23.3 Å². The number of nitrogens with two attached hydrogens (primary N) is 1. The van der Waals surface area contributed by atoms with Crippen molar-refractivity contribution >= 4 is 11.3 Å². The van der Waals surface area contributed by atoms with E-state index in [9.17, 15) is 0 Å². The normalized spacial score (nSPS) is 23.8. The summed E-state index contributed by atoms with van der Waals surface area (Å²) in [7, 11) is 0. The molecule has 1 fully saturated rings. The van der Waals surface area contributed by atoms with E-state index in [1.165, 1.54) is 31.4 Å². The molecular weight excluding hydrogens is 244 g/mol. The fraction of sp³-hybridized carbons (Fsp3) is 0.714. The number of hydrogen-bond acceptors (Lipinski definition) is 4. The van der Waals surface area contributed by atoms with E-state index in [1.807, 2.05) is 11.3 Å². The zero-order chi connectivity index (χ0) is 12.4. The Bertz CT molecular complexity index is 387. The average molecular weight is 266 g/mol. The summed E-state index contributed by atoms with van der Waals surface area (Å²) in [5, 5.41) is 2.22. The van der Waals surface area contributed by atoms with Gasteiger partial charge >= 0.3 is 0 Å². The van der Waals surface area contributed by atoms with Crippen molar-refractivity contribution in [1.82, 2.24) is 4.90 Å². The van der Waals surface area contributed by atoms with Crippen LogP contribution in [0.4, 0.5) is 0 Å². The van der Waals surface area contributed by atoms with Gasteiger partial charge in [0, 0.05) is 43.8 Å². The second-order valence-corrected chi connectivity index (χ2v) is 6.34. The molecule has 18 heavy (non-hydrogen) atoms. The zero-order valence-electron chi connectivity index (χ0n) is 10.8. The van der Waals surface area contributed by atoms with Gasteiger partial charge in [-0.15, -0.1) is 11.3 Å². The highest BCUT2D eigenvalue weighted by Gasteiger charge is 2.30. The fourth-order valence-corrected chi connectivity index (χ4v) is 4.18. The van der Waals surface area contributed by atoms with Gasteiger partial charge in [0.1, 0.15) is 0 Å². The van der Waals surface area contributed by atoms with Crippen molar-refractivity contribution in [3.63, 3.8) is 0 Å². The predicted molar refractivity (Wildman–Crippen MR) is 74.8 cm³/mol. The molecule has 1 aromatic rings. The van der Waals surface area contributed by atoms with E-state index in [4.69, 9.17) is 10.5 Å². The molecule has 2 aliphatic rings. The van der Waals surface area contributed by atoms with Gasteiger partial charge in [-0.3, -0.25) is 4.90 Å². The molecule has 0 radical (unpaired) electrons. The van der Waals surface area contributed by atoms with Gasteiger partial charge in [-0.05, 0) is 42.2 Å². The number of rotatable bonds is 3. The minimum Gasteiger partial charge on any atom is -0.381 e. The van der Waals surface area contributed by atoms with Gasteiger partial charge in [-0.25, -0.2) is 0 Å². The number of nitrogens with zero attached hydrogens (tertiary/aromatic N) is 1. The van der Waals surface area contributed by atoms with Crippen LogP contribution in [-0.2, 0) is 17.7 Å². The van der Waals surface area contributed by atoms with E-state index in [1.54, 1.807) is 4.88 Å². The van der Waals surface area contributed by atoms with Gasteiger partial charge in [-0.1, -0.05) is 0 Å². The molecule has 0 aromatic carbocycles. The summed E-state index contributed by atoms with van der Waals surface area (Å²) in [6, 6.07) is 2.82. The molecule has 1 aromatic heterocycles. The Morgan fingerprint density at radius 2 is 2.28 bits per heavy atom. The zero-order valence-corrected chi connectivity index (χ0v) is 11.6. The standard InChI is InChI=1S/C14H22N2OS/c15-9-13(11-2-6-17-7-3-11)16-5-1-14-12(10-16)4-8-18-14/h4,8,11,13H,1-3,5-7,9-10,15H2. The molecule has 1 atom stereocenters. The Hall–Kier alpha value is -0.420. The molecule has 100 valence electrons. The smallest absolute Gasteiger partial charge is 0.0469 e. The lowest BCUT2D eigenvalue weighted by atomic mass is 9.89. The number of thiophene rings is 1. The molecule has 1 unspecified atom stereocenters. The fourth-order valence-electron chi connectivity index (χ4n) is 3.29. The molecule has 2 N–H and O–H groups in total. The van der Waals surface area contributed by atoms with Crippen LogP contribution in [0.15, 0.2) is 11.4 Å². The number of fused-ring (bicyclic) bond motifs is 1. The highest BCUT2D eigenvalue weighted by Crippen LogP contribution is 2.29. The molecule has 3 rings (SSSR count). The summed E-state index contributed by atoms with van der Waals surface area (Å²) in [5.74, 6) is 0.726. The molecule has 4 heteroatoms. The van der Waals surface area contributed by atoms with E-state index < -0.39 is 0 Å². The highest BCUT2D eigenvalue weighted by atomic mass is 32.1. The molecular formula is C14H22N2OS. The van der Waals surface area contributed by atoms with Crippen molar-refractivity contribution in [3.05, 3.63) is 21.9 Å². The van der Waals surface area contributed by atoms with Gasteiger partial charge in [0.2, 0.25) is 0 Å². The van der Waals surface area contributed by atoms with Gasteiger partial charge in [0.05, 0.1) is 0 Å². The molecule has 2 aliphatic heterocycles. The maximum absolute atomic E-state index is 6.05. The van der Waals surface area contributed by atoms with Crippen molar-refractivity contribution in [2.24, 2.45) is 11.7 Å². The van der Waals surface area contributed by atoms with Crippen molar-refractivity contribution in [3.8, 4) is 0 Å². The Labute approximate surface area is 113 Å². The number of ether oxygens (including phenoxy) is 1. The van der Waals surface area contributed by atoms with Gasteiger partial charge < -0.3 is 10.5 Å². The minimum atomic E-state index is 0.543. The van der Waals surface area contributed by atoms with E-state index >= 15 is 0 Å². The Kier molecular flexibility index (Phi) is 3.99. The first-order valence-corrected chi connectivity index (χ1v) is 7.83. The topological polar surface area (TPSA) is 38.5 Å². The van der Waals surface area contributed by atoms with Gasteiger partial charge in [-0.2, -0.15) is 0 Å². The summed E-state index contributed by atoms with van der Waals surface area (Å²) in [6.45, 7) is 4.88. The van der Waals surface area contributed by atoms with Crippen LogP contribution >= 0.6 is 11.3 Å². The van der Waals surface area contributed by atoms with Gasteiger partial charge in [0.25, 0.3) is 0 Å². The van der Waals surface area contributed by atoms with E-state index in [-0.39, 0.29) is 0 Å². The summed E-state index contributed by atoms with van der Waals surface area (Å²) in [5.41, 5.74) is 7.57. The molecule has 0 aliphatic carbocycles. The van der Waals surface area contributed by atoms with Crippen LogP contribution < -0.4 is 5.73 Å². The lowest BCUT2D eigenvalue weighted by Gasteiger charge is -2.40. The molecule has 0 bridgehead atoms. The van der Waals surface area contributed by atoms with Crippen LogP contribution in [0.25, 0.3) is 0 Å². The van der Waals surface area contributed by atoms with Crippen molar-refractivity contribution in [1.29, 1.82) is 0 Å². The number of hydrogen-bond donors (Lipinski definition) is 1. The van der Waals surface area contributed by atoms with Crippen molar-refractivity contribution in [2.75, 3.05) is 26.3 Å². The summed E-state index contributed by atoms with van der Waals surface area (Å²) in [4.78, 5) is 4.18. The van der Waals surface area contributed by atoms with Crippen LogP contribution in [0.5, 0.6) is 0 Å². The third-order valence-electron chi connectivity index (χ3n) is 4.36. The monoisotopic (exact) mass is 266 g/mol. The first kappa shape index (κ1) is 12.6. The van der Waals surface area contributed by atoms with Crippen LogP contribution in [0.2, 0.25) is 0 Å². The average Bonchev–Trinajstić information content (AvgIpc) is 2.88. The quantitative estimate of drug-likeness (QED) is 0.907. The predicted octanol–water partition coefficient (Wildman–Crippen LogP) is 1.86. The maximum atomic E-state index is 6.05. The Morgan fingerprint density at radius 1 is 1.44 bits per heavy atom. The molecule has 3 heterocycles. The largest absolute Gasteiger partial charge is 0.381 e. The minimum absolute atomic E-state index is 0.543. The summed E-state index contributed by atoms with van der Waals surface area (Å²) in [6.07, 6.45) is 3.55.